The van der Waals surface area contributed by atoms with Gasteiger partial charge in [-0.25, -0.2) is 4.90 Å². The van der Waals surface area contributed by atoms with Gasteiger partial charge < -0.3 is 4.74 Å². The van der Waals surface area contributed by atoms with Crippen LogP contribution in [0.25, 0.3) is 0 Å². The van der Waals surface area contributed by atoms with Crippen LogP contribution in [0.2, 0.25) is 0 Å². The van der Waals surface area contributed by atoms with Gasteiger partial charge in [0.25, 0.3) is 0 Å². The fourth-order valence-electron chi connectivity index (χ4n) is 5.67. The van der Waals surface area contributed by atoms with Crippen molar-refractivity contribution in [3.63, 3.8) is 0 Å². The van der Waals surface area contributed by atoms with Gasteiger partial charge in [-0.1, -0.05) is 42.3 Å². The van der Waals surface area contributed by atoms with E-state index in [0.717, 1.165) is 17.0 Å². The normalized spacial score (nSPS) is 25.1. The molecule has 2 fully saturated rings. The van der Waals surface area contributed by atoms with E-state index in [1.54, 1.807) is 49.1 Å². The molecule has 0 aliphatic carbocycles. The monoisotopic (exact) mass is 524 g/mol. The number of halogens is 3. The molecule has 2 aliphatic rings. The third-order valence-electron chi connectivity index (χ3n) is 7.16. The highest BCUT2D eigenvalue weighted by molar-refractivity contribution is 6.24. The average Bonchev–Trinajstić information content (AvgIpc) is 3.33. The zero-order valence-corrected chi connectivity index (χ0v) is 21.0. The molecule has 2 amide bonds. The molecule has 2 saturated heterocycles. The molecule has 38 heavy (non-hydrogen) atoms. The highest BCUT2D eigenvalue weighted by Gasteiger charge is 2.72. The highest BCUT2D eigenvalue weighted by Crippen LogP contribution is 2.57. The van der Waals surface area contributed by atoms with Gasteiger partial charge in [-0.15, -0.1) is 12.5 Å². The van der Waals surface area contributed by atoms with E-state index in [4.69, 9.17) is 4.74 Å². The Kier molecular flexibility index (Phi) is 7.47. The van der Waals surface area contributed by atoms with Gasteiger partial charge in [0.2, 0.25) is 11.8 Å². The van der Waals surface area contributed by atoms with E-state index >= 15 is 0 Å². The van der Waals surface area contributed by atoms with Gasteiger partial charge in [0.15, 0.2) is 0 Å². The molecule has 4 rings (SSSR count). The lowest BCUT2D eigenvalue weighted by Crippen LogP contribution is -2.58. The van der Waals surface area contributed by atoms with Crippen LogP contribution in [-0.2, 0) is 25.3 Å². The Morgan fingerprint density at radius 2 is 1.76 bits per heavy atom. The van der Waals surface area contributed by atoms with E-state index in [9.17, 15) is 27.6 Å². The maximum Gasteiger partial charge on any atom is 0.416 e. The van der Waals surface area contributed by atoms with Gasteiger partial charge in [-0.05, 0) is 50.1 Å². The molecule has 0 aromatic heterocycles. The maximum atomic E-state index is 14.0. The smallest absolute Gasteiger partial charge is 0.416 e. The second-order valence-electron chi connectivity index (χ2n) is 9.11. The minimum absolute atomic E-state index is 0.0201. The van der Waals surface area contributed by atoms with Gasteiger partial charge in [0, 0.05) is 6.04 Å². The number of imide groups is 1. The van der Waals surface area contributed by atoms with E-state index in [-0.39, 0.29) is 19.6 Å². The van der Waals surface area contributed by atoms with Gasteiger partial charge in [0.05, 0.1) is 36.2 Å². The maximum absolute atomic E-state index is 14.0. The standard InChI is InChI=1S/C29H27F3N2O4/c1-4-7-18-33-24(19-13-15-20(16-14-19)29(30,31)32)22-23(28(33,17-5-2)27(37)38-6-3)26(36)34(25(22)35)21-11-9-8-10-12-21/h5,8-16,22-24H,2,6,17-18H2,1,3H3/t22-,23-,24-,28-/m1/s1. The van der Waals surface area contributed by atoms with Crippen molar-refractivity contribution in [2.75, 3.05) is 18.1 Å². The van der Waals surface area contributed by atoms with E-state index in [2.05, 4.69) is 18.4 Å². The summed E-state index contributed by atoms with van der Waals surface area (Å²) in [5.74, 6) is 1.62. The molecular weight excluding hydrogens is 497 g/mol. The molecule has 9 heteroatoms. The fourth-order valence-corrected chi connectivity index (χ4v) is 5.67. The molecule has 0 bridgehead atoms. The summed E-state index contributed by atoms with van der Waals surface area (Å²) < 4.78 is 45.4. The van der Waals surface area contributed by atoms with Crippen LogP contribution in [0.1, 0.15) is 37.4 Å². The summed E-state index contributed by atoms with van der Waals surface area (Å²) in [5.41, 5.74) is -1.79. The second-order valence-corrected chi connectivity index (χ2v) is 9.11. The third kappa shape index (κ3) is 4.29. The average molecular weight is 525 g/mol. The summed E-state index contributed by atoms with van der Waals surface area (Å²) in [6, 6.07) is 11.9. The fraction of sp³-hybridized carbons (Fsp3) is 0.345. The number of anilines is 1. The Labute approximate surface area is 219 Å². The number of para-hydroxylation sites is 1. The number of benzene rings is 2. The summed E-state index contributed by atoms with van der Waals surface area (Å²) in [6.07, 6.45) is -3.10. The predicted molar refractivity (Wildman–Crippen MR) is 134 cm³/mol. The summed E-state index contributed by atoms with van der Waals surface area (Å²) in [7, 11) is 0. The number of amides is 2. The largest absolute Gasteiger partial charge is 0.465 e. The number of carbonyl (C=O) groups excluding carboxylic acids is 3. The number of fused-ring (bicyclic) bond motifs is 1. The van der Waals surface area contributed by atoms with E-state index < -0.39 is 52.9 Å². The highest BCUT2D eigenvalue weighted by atomic mass is 19.4. The lowest BCUT2D eigenvalue weighted by molar-refractivity contribution is -0.161. The van der Waals surface area contributed by atoms with Crippen LogP contribution in [0.15, 0.2) is 67.3 Å². The van der Waals surface area contributed by atoms with Crippen molar-refractivity contribution < 1.29 is 32.3 Å². The van der Waals surface area contributed by atoms with Crippen LogP contribution in [0, 0.1) is 23.7 Å². The van der Waals surface area contributed by atoms with Crippen molar-refractivity contribution in [3.8, 4) is 11.8 Å². The zero-order valence-electron chi connectivity index (χ0n) is 21.0. The molecule has 198 valence electrons. The number of nitrogens with zero attached hydrogens (tertiary/aromatic N) is 2. The molecule has 4 atom stereocenters. The molecule has 0 unspecified atom stereocenters. The lowest BCUT2D eigenvalue weighted by Gasteiger charge is -2.40. The van der Waals surface area contributed by atoms with Gasteiger partial charge in [-0.3, -0.25) is 19.3 Å². The number of alkyl halides is 3. The molecular formula is C29H27F3N2O4. The molecule has 2 aromatic carbocycles. The number of esters is 1. The molecule has 6 nitrogen and oxygen atoms in total. The van der Waals surface area contributed by atoms with Crippen molar-refractivity contribution in [1.29, 1.82) is 0 Å². The SMILES string of the molecule is C=CC[C@]1(C(=O)OCC)[C@H]2C(=O)N(c3ccccc3)C(=O)[C@H]2[C@@H](c2ccc(C(F)(F)F)cc2)N1CC#CC. The molecule has 2 aliphatic heterocycles. The first-order chi connectivity index (χ1) is 18.1. The summed E-state index contributed by atoms with van der Waals surface area (Å²) in [6.45, 7) is 7.04. The Bertz CT molecular complexity index is 1300. The van der Waals surface area contributed by atoms with Crippen molar-refractivity contribution >= 4 is 23.5 Å². The number of hydrogen-bond acceptors (Lipinski definition) is 5. The van der Waals surface area contributed by atoms with Gasteiger partial charge in [0.1, 0.15) is 5.54 Å². The van der Waals surface area contributed by atoms with Crippen LogP contribution in [-0.4, -0.2) is 41.4 Å². The first-order valence-corrected chi connectivity index (χ1v) is 12.2. The van der Waals surface area contributed by atoms with Crippen LogP contribution in [0.3, 0.4) is 0 Å². The lowest BCUT2D eigenvalue weighted by atomic mass is 9.77. The van der Waals surface area contributed by atoms with Crippen LogP contribution in [0.5, 0.6) is 0 Å². The Hall–Kier alpha value is -3.90. The number of rotatable bonds is 7. The minimum atomic E-state index is -4.55. The third-order valence-corrected chi connectivity index (χ3v) is 7.16. The number of hydrogen-bond donors (Lipinski definition) is 0. The summed E-state index contributed by atoms with van der Waals surface area (Å²) in [5, 5.41) is 0. The first kappa shape index (κ1) is 27.1. The van der Waals surface area contributed by atoms with Gasteiger partial charge in [-0.2, -0.15) is 13.2 Å². The van der Waals surface area contributed by atoms with Crippen molar-refractivity contribution in [2.45, 2.75) is 38.0 Å². The minimum Gasteiger partial charge on any atom is -0.465 e. The summed E-state index contributed by atoms with van der Waals surface area (Å²) in [4.78, 5) is 44.5. The number of likely N-dealkylation sites (tertiary alicyclic amines) is 1. The molecule has 0 radical (unpaired) electrons. The topological polar surface area (TPSA) is 66.9 Å². The first-order valence-electron chi connectivity index (χ1n) is 12.2. The Morgan fingerprint density at radius 1 is 1.11 bits per heavy atom. The van der Waals surface area contributed by atoms with Crippen molar-refractivity contribution in [1.82, 2.24) is 4.90 Å². The van der Waals surface area contributed by atoms with Crippen LogP contribution >= 0.6 is 0 Å². The summed E-state index contributed by atoms with van der Waals surface area (Å²) >= 11 is 0. The molecule has 0 N–H and O–H groups in total. The van der Waals surface area contributed by atoms with Crippen LogP contribution < -0.4 is 4.90 Å². The van der Waals surface area contributed by atoms with Crippen molar-refractivity contribution in [2.24, 2.45) is 11.8 Å². The van der Waals surface area contributed by atoms with Crippen LogP contribution in [0.4, 0.5) is 18.9 Å². The number of carbonyl (C=O) groups is 3. The molecule has 0 saturated carbocycles. The molecule has 2 heterocycles. The van der Waals surface area contributed by atoms with E-state index in [1.807, 2.05) is 0 Å². The molecule has 2 aromatic rings. The predicted octanol–water partition coefficient (Wildman–Crippen LogP) is 4.77. The van der Waals surface area contributed by atoms with E-state index in [1.165, 1.54) is 18.2 Å². The second kappa shape index (κ2) is 10.5. The Morgan fingerprint density at radius 3 is 2.32 bits per heavy atom. The number of ether oxygens (including phenoxy) is 1. The van der Waals surface area contributed by atoms with E-state index in [0.29, 0.717) is 11.3 Å². The quantitative estimate of drug-likeness (QED) is 0.226. The molecule has 0 spiro atoms. The Balaban J connectivity index is 1.97. The van der Waals surface area contributed by atoms with Gasteiger partial charge >= 0.3 is 12.1 Å². The van der Waals surface area contributed by atoms with Crippen molar-refractivity contribution in [3.05, 3.63) is 78.4 Å². The zero-order chi connectivity index (χ0) is 27.7.